The first-order chi connectivity index (χ1) is 12.0. The quantitative estimate of drug-likeness (QED) is 0.621. The van der Waals surface area contributed by atoms with Gasteiger partial charge in [-0.15, -0.1) is 0 Å². The Hall–Kier alpha value is -2.60. The van der Waals surface area contributed by atoms with Crippen molar-refractivity contribution in [2.45, 2.75) is 6.92 Å². The molecule has 1 heterocycles. The fraction of sp³-hybridized carbons (Fsp3) is 0.368. The number of nitrogens with zero attached hydrogens (tertiary/aromatic N) is 2. The molecule has 0 bridgehead atoms. The molecule has 0 saturated carbocycles. The number of benzene rings is 1. The van der Waals surface area contributed by atoms with Crippen LogP contribution >= 0.6 is 0 Å². The number of allylic oxidation sites excluding steroid dienone is 1. The van der Waals surface area contributed by atoms with Crippen molar-refractivity contribution in [2.75, 3.05) is 39.3 Å². The van der Waals surface area contributed by atoms with Gasteiger partial charge in [-0.3, -0.25) is 9.69 Å². The first kappa shape index (κ1) is 18.7. The third-order valence-electron chi connectivity index (χ3n) is 3.90. The molecule has 2 rings (SSSR count). The van der Waals surface area contributed by atoms with Gasteiger partial charge in [-0.25, -0.2) is 4.79 Å². The second kappa shape index (κ2) is 9.64. The van der Waals surface area contributed by atoms with Crippen LogP contribution in [-0.4, -0.2) is 61.0 Å². The summed E-state index contributed by atoms with van der Waals surface area (Å²) in [7, 11) is 0. The SMILES string of the molecule is C/C(N)=C/C(=O)OCCN1CCN(C(=O)C=Cc2ccccc2)CC1. The fourth-order valence-corrected chi connectivity index (χ4v) is 2.53. The maximum absolute atomic E-state index is 12.2. The smallest absolute Gasteiger partial charge is 0.332 e. The summed E-state index contributed by atoms with van der Waals surface area (Å²) in [5, 5.41) is 0. The number of carbonyl (C=O) groups is 2. The van der Waals surface area contributed by atoms with Crippen LogP contribution in [-0.2, 0) is 14.3 Å². The molecule has 1 aromatic carbocycles. The van der Waals surface area contributed by atoms with Gasteiger partial charge in [0.1, 0.15) is 6.61 Å². The molecule has 1 aliphatic rings. The molecule has 1 amide bonds. The van der Waals surface area contributed by atoms with Gasteiger partial charge in [-0.2, -0.15) is 0 Å². The van der Waals surface area contributed by atoms with Gasteiger partial charge in [0.15, 0.2) is 0 Å². The topological polar surface area (TPSA) is 75.9 Å². The zero-order valence-corrected chi connectivity index (χ0v) is 14.6. The van der Waals surface area contributed by atoms with E-state index >= 15 is 0 Å². The molecule has 134 valence electrons. The Morgan fingerprint density at radius 3 is 2.48 bits per heavy atom. The van der Waals surface area contributed by atoms with Crippen molar-refractivity contribution < 1.29 is 14.3 Å². The third kappa shape index (κ3) is 6.81. The molecule has 1 aromatic rings. The van der Waals surface area contributed by atoms with Crippen LogP contribution in [0.1, 0.15) is 12.5 Å². The molecule has 1 fully saturated rings. The van der Waals surface area contributed by atoms with Gasteiger partial charge in [-0.1, -0.05) is 30.3 Å². The van der Waals surface area contributed by atoms with Crippen LogP contribution in [0.5, 0.6) is 0 Å². The van der Waals surface area contributed by atoms with Gasteiger partial charge >= 0.3 is 5.97 Å². The average molecular weight is 343 g/mol. The van der Waals surface area contributed by atoms with Crippen LogP contribution in [0.15, 0.2) is 48.2 Å². The lowest BCUT2D eigenvalue weighted by Crippen LogP contribution is -2.49. The fourth-order valence-electron chi connectivity index (χ4n) is 2.53. The van der Waals surface area contributed by atoms with Crippen molar-refractivity contribution >= 4 is 18.0 Å². The van der Waals surface area contributed by atoms with Crippen LogP contribution in [0.2, 0.25) is 0 Å². The summed E-state index contributed by atoms with van der Waals surface area (Å²) in [6, 6.07) is 9.76. The predicted molar refractivity (Wildman–Crippen MR) is 97.4 cm³/mol. The van der Waals surface area contributed by atoms with E-state index in [0.29, 0.717) is 31.9 Å². The minimum atomic E-state index is -0.417. The molecule has 0 unspecified atom stereocenters. The Morgan fingerprint density at radius 2 is 1.84 bits per heavy atom. The van der Waals surface area contributed by atoms with Gasteiger partial charge < -0.3 is 15.4 Å². The lowest BCUT2D eigenvalue weighted by molar-refractivity contribution is -0.138. The summed E-state index contributed by atoms with van der Waals surface area (Å²) >= 11 is 0. The van der Waals surface area contributed by atoms with Gasteiger partial charge in [0.25, 0.3) is 0 Å². The molecule has 0 spiro atoms. The number of piperazine rings is 1. The molecule has 0 aliphatic carbocycles. The van der Waals surface area contributed by atoms with Crippen molar-refractivity contribution in [3.63, 3.8) is 0 Å². The average Bonchev–Trinajstić information content (AvgIpc) is 2.60. The number of hydrogen-bond donors (Lipinski definition) is 1. The molecule has 1 aliphatic heterocycles. The van der Waals surface area contributed by atoms with E-state index in [1.807, 2.05) is 41.3 Å². The van der Waals surface area contributed by atoms with Crippen molar-refractivity contribution in [3.8, 4) is 0 Å². The minimum Gasteiger partial charge on any atom is -0.461 e. The first-order valence-corrected chi connectivity index (χ1v) is 8.39. The maximum Gasteiger partial charge on any atom is 0.332 e. The minimum absolute atomic E-state index is 0.0264. The van der Waals surface area contributed by atoms with Gasteiger partial charge in [-0.05, 0) is 18.6 Å². The Kier molecular flexibility index (Phi) is 7.22. The highest BCUT2D eigenvalue weighted by Gasteiger charge is 2.19. The van der Waals surface area contributed by atoms with E-state index in [4.69, 9.17) is 10.5 Å². The predicted octanol–water partition coefficient (Wildman–Crippen LogP) is 1.25. The van der Waals surface area contributed by atoms with Crippen molar-refractivity contribution in [3.05, 3.63) is 53.7 Å². The third-order valence-corrected chi connectivity index (χ3v) is 3.90. The number of carbonyl (C=O) groups excluding carboxylic acids is 2. The summed E-state index contributed by atoms with van der Waals surface area (Å²) < 4.78 is 5.09. The van der Waals surface area contributed by atoms with E-state index in [-0.39, 0.29) is 5.91 Å². The van der Waals surface area contributed by atoms with Crippen molar-refractivity contribution in [1.29, 1.82) is 0 Å². The van der Waals surface area contributed by atoms with E-state index in [0.717, 1.165) is 18.7 Å². The van der Waals surface area contributed by atoms with Crippen LogP contribution < -0.4 is 5.73 Å². The summed E-state index contributed by atoms with van der Waals surface area (Å²) in [5.74, 6) is -0.390. The van der Waals surface area contributed by atoms with Crippen LogP contribution in [0.25, 0.3) is 6.08 Å². The summed E-state index contributed by atoms with van der Waals surface area (Å²) in [6.45, 7) is 5.52. The Morgan fingerprint density at radius 1 is 1.16 bits per heavy atom. The Balaban J connectivity index is 1.69. The summed E-state index contributed by atoms with van der Waals surface area (Å²) in [5.41, 5.74) is 6.86. The number of ether oxygens (including phenoxy) is 1. The monoisotopic (exact) mass is 343 g/mol. The molecule has 6 heteroatoms. The molecule has 0 atom stereocenters. The summed E-state index contributed by atoms with van der Waals surface area (Å²) in [6.07, 6.45) is 4.73. The van der Waals surface area contributed by atoms with Crippen LogP contribution in [0.3, 0.4) is 0 Å². The highest BCUT2D eigenvalue weighted by Crippen LogP contribution is 2.05. The molecule has 0 radical (unpaired) electrons. The lowest BCUT2D eigenvalue weighted by Gasteiger charge is -2.34. The second-order valence-electron chi connectivity index (χ2n) is 5.97. The van der Waals surface area contributed by atoms with Crippen LogP contribution in [0.4, 0.5) is 0 Å². The maximum atomic E-state index is 12.2. The molecule has 0 aromatic heterocycles. The van der Waals surface area contributed by atoms with E-state index in [9.17, 15) is 9.59 Å². The number of esters is 1. The zero-order valence-electron chi connectivity index (χ0n) is 14.6. The largest absolute Gasteiger partial charge is 0.461 e. The van der Waals surface area contributed by atoms with E-state index in [1.165, 1.54) is 6.08 Å². The van der Waals surface area contributed by atoms with Gasteiger partial charge in [0.05, 0.1) is 0 Å². The van der Waals surface area contributed by atoms with Crippen LogP contribution in [0, 0.1) is 0 Å². The van der Waals surface area contributed by atoms with E-state index < -0.39 is 5.97 Å². The van der Waals surface area contributed by atoms with Gasteiger partial charge in [0, 0.05) is 50.6 Å². The first-order valence-electron chi connectivity index (χ1n) is 8.39. The van der Waals surface area contributed by atoms with E-state index in [2.05, 4.69) is 4.90 Å². The number of hydrogen-bond acceptors (Lipinski definition) is 5. The molecule has 2 N–H and O–H groups in total. The summed E-state index contributed by atoms with van der Waals surface area (Å²) in [4.78, 5) is 27.6. The van der Waals surface area contributed by atoms with Crippen molar-refractivity contribution in [1.82, 2.24) is 9.80 Å². The molecule has 1 saturated heterocycles. The highest BCUT2D eigenvalue weighted by atomic mass is 16.5. The zero-order chi connectivity index (χ0) is 18.1. The lowest BCUT2D eigenvalue weighted by atomic mass is 10.2. The molecular weight excluding hydrogens is 318 g/mol. The van der Waals surface area contributed by atoms with E-state index in [1.54, 1.807) is 13.0 Å². The Bertz CT molecular complexity index is 629. The number of nitrogens with two attached hydrogens (primary N) is 1. The van der Waals surface area contributed by atoms with Crippen molar-refractivity contribution in [2.24, 2.45) is 5.73 Å². The molecular formula is C19H25N3O3. The number of amides is 1. The standard InChI is InChI=1S/C19H25N3O3/c1-16(20)15-19(24)25-14-13-21-9-11-22(12-10-21)18(23)8-7-17-5-3-2-4-6-17/h2-8,15H,9-14,20H2,1H3/b8-7?,16-15-. The highest BCUT2D eigenvalue weighted by molar-refractivity contribution is 5.91. The number of rotatable bonds is 6. The Labute approximate surface area is 148 Å². The molecule has 6 nitrogen and oxygen atoms in total. The normalized spacial score (nSPS) is 16.2. The van der Waals surface area contributed by atoms with Gasteiger partial charge in [0.2, 0.25) is 5.91 Å². The molecule has 25 heavy (non-hydrogen) atoms. The second-order valence-corrected chi connectivity index (χ2v) is 5.97.